The van der Waals surface area contributed by atoms with Crippen molar-refractivity contribution in [2.75, 3.05) is 5.32 Å². The van der Waals surface area contributed by atoms with Crippen LogP contribution >= 0.6 is 0 Å². The summed E-state index contributed by atoms with van der Waals surface area (Å²) in [5, 5.41) is 15.0. The van der Waals surface area contributed by atoms with Crippen LogP contribution < -0.4 is 5.32 Å². The molecule has 1 aromatic carbocycles. The van der Waals surface area contributed by atoms with Crippen molar-refractivity contribution < 1.29 is 9.50 Å². The van der Waals surface area contributed by atoms with Crippen LogP contribution in [0.3, 0.4) is 0 Å². The zero-order valence-corrected chi connectivity index (χ0v) is 20.6. The lowest BCUT2D eigenvalue weighted by Crippen LogP contribution is -2.67. The molecular weight excluding hydrogens is 453 g/mol. The van der Waals surface area contributed by atoms with Crippen LogP contribution in [0.25, 0.3) is 28.2 Å². The second-order valence-corrected chi connectivity index (χ2v) is 12.4. The van der Waals surface area contributed by atoms with Gasteiger partial charge in [0.1, 0.15) is 11.3 Å². The number of rotatable bonds is 4. The number of hydrogen-bond donors (Lipinski definition) is 2. The Morgan fingerprint density at radius 1 is 0.861 bits per heavy atom. The fourth-order valence-corrected chi connectivity index (χ4v) is 8.57. The number of benzene rings is 1. The molecule has 0 saturated heterocycles. The molecule has 0 aliphatic heterocycles. The zero-order valence-electron chi connectivity index (χ0n) is 20.6. The van der Waals surface area contributed by atoms with Crippen LogP contribution in [-0.2, 0) is 0 Å². The molecule has 36 heavy (non-hydrogen) atoms. The summed E-state index contributed by atoms with van der Waals surface area (Å²) in [5.74, 6) is -0.0890. The minimum atomic E-state index is -0.663. The third-order valence-electron chi connectivity index (χ3n) is 8.54. The summed E-state index contributed by atoms with van der Waals surface area (Å²) < 4.78 is 17.0. The molecule has 4 fully saturated rings. The molecule has 2 N–H and O–H groups in total. The molecule has 184 valence electrons. The molecule has 6 nitrogen and oxygen atoms in total. The summed E-state index contributed by atoms with van der Waals surface area (Å²) in [4.78, 5) is 13.5. The second-order valence-electron chi connectivity index (χ2n) is 12.4. The Morgan fingerprint density at radius 3 is 2.33 bits per heavy atom. The lowest BCUT2D eigenvalue weighted by atomic mass is 9.41. The van der Waals surface area contributed by atoms with E-state index in [9.17, 15) is 5.11 Å². The molecule has 8 rings (SSSR count). The first-order valence-corrected chi connectivity index (χ1v) is 12.7. The molecule has 4 aliphatic rings. The van der Waals surface area contributed by atoms with E-state index in [0.29, 0.717) is 18.1 Å². The van der Waals surface area contributed by atoms with E-state index in [4.69, 9.17) is 0 Å². The lowest BCUT2D eigenvalue weighted by Gasteiger charge is -2.68. The van der Waals surface area contributed by atoms with Crippen molar-refractivity contribution in [3.05, 3.63) is 66.9 Å². The van der Waals surface area contributed by atoms with E-state index >= 15 is 4.39 Å². The Hall–Kier alpha value is -3.32. The summed E-state index contributed by atoms with van der Waals surface area (Å²) in [6, 6.07) is 14.0. The van der Waals surface area contributed by atoms with E-state index in [1.54, 1.807) is 6.20 Å². The molecule has 7 heteroatoms. The van der Waals surface area contributed by atoms with Gasteiger partial charge in [-0.15, -0.1) is 0 Å². The molecule has 0 radical (unpaired) electrons. The van der Waals surface area contributed by atoms with Crippen molar-refractivity contribution in [1.82, 2.24) is 19.4 Å². The van der Waals surface area contributed by atoms with Crippen LogP contribution in [0.1, 0.15) is 52.4 Å². The third kappa shape index (κ3) is 3.44. The number of aromatic nitrogens is 4. The molecule has 3 heterocycles. The van der Waals surface area contributed by atoms with Gasteiger partial charge in [0, 0.05) is 11.7 Å². The molecule has 0 spiro atoms. The van der Waals surface area contributed by atoms with Crippen LogP contribution in [0, 0.1) is 16.6 Å². The first-order valence-electron chi connectivity index (χ1n) is 12.7. The van der Waals surface area contributed by atoms with Gasteiger partial charge in [-0.3, -0.25) is 4.40 Å². The SMILES string of the molecule is CC12CC3(C)CC(O)(C1)CC(Nc1ncc(F)c(-c4cnc5ccc(-c6ccccc6)cn45)n1)(C2)C3. The Kier molecular flexibility index (Phi) is 4.34. The van der Waals surface area contributed by atoms with Crippen molar-refractivity contribution in [3.8, 4) is 22.5 Å². The minimum Gasteiger partial charge on any atom is -0.390 e. The number of nitrogens with zero attached hydrogens (tertiary/aromatic N) is 4. The number of anilines is 1. The summed E-state index contributed by atoms with van der Waals surface area (Å²) in [5.41, 5.74) is 2.82. The van der Waals surface area contributed by atoms with E-state index in [0.717, 1.165) is 48.9 Å². The average Bonchev–Trinajstić information content (AvgIpc) is 3.21. The number of nitrogens with one attached hydrogen (secondary N) is 1. The number of fused-ring (bicyclic) bond motifs is 1. The molecule has 4 aromatic rings. The van der Waals surface area contributed by atoms with Gasteiger partial charge in [0.2, 0.25) is 5.95 Å². The summed E-state index contributed by atoms with van der Waals surface area (Å²) in [7, 11) is 0. The third-order valence-corrected chi connectivity index (χ3v) is 8.54. The van der Waals surface area contributed by atoms with Crippen LogP contribution in [0.4, 0.5) is 10.3 Å². The van der Waals surface area contributed by atoms with Crippen molar-refractivity contribution >= 4 is 11.6 Å². The topological polar surface area (TPSA) is 75.3 Å². The van der Waals surface area contributed by atoms with Crippen LogP contribution in [0.2, 0.25) is 0 Å². The molecule has 4 bridgehead atoms. The highest BCUT2D eigenvalue weighted by Crippen LogP contribution is 2.68. The van der Waals surface area contributed by atoms with Crippen LogP contribution in [-0.4, -0.2) is 35.6 Å². The Balaban J connectivity index is 1.27. The van der Waals surface area contributed by atoms with E-state index < -0.39 is 11.4 Å². The lowest BCUT2D eigenvalue weighted by molar-refractivity contribution is -0.192. The second kappa shape index (κ2) is 7.13. The largest absolute Gasteiger partial charge is 0.390 e. The summed E-state index contributed by atoms with van der Waals surface area (Å²) >= 11 is 0. The van der Waals surface area contributed by atoms with Gasteiger partial charge in [0.25, 0.3) is 0 Å². The standard InChI is InChI=1S/C29H30FN5O/c1-26-13-27(2)15-28(14-26,18-29(36,16-26)17-27)34-25-32-10-21(30)24(33-25)22-11-31-23-9-8-20(12-35(22)23)19-6-4-3-5-7-19/h3-12,36H,13-18H2,1-2H3,(H,32,33,34). The van der Waals surface area contributed by atoms with Gasteiger partial charge in [-0.05, 0) is 72.6 Å². The van der Waals surface area contributed by atoms with Crippen molar-refractivity contribution in [3.63, 3.8) is 0 Å². The smallest absolute Gasteiger partial charge is 0.223 e. The monoisotopic (exact) mass is 483 g/mol. The van der Waals surface area contributed by atoms with Crippen LogP contribution in [0.5, 0.6) is 0 Å². The number of halogens is 1. The normalized spacial score (nSPS) is 32.8. The molecule has 2 atom stereocenters. The predicted molar refractivity (Wildman–Crippen MR) is 137 cm³/mol. The maximum Gasteiger partial charge on any atom is 0.223 e. The van der Waals surface area contributed by atoms with Gasteiger partial charge < -0.3 is 10.4 Å². The van der Waals surface area contributed by atoms with Crippen molar-refractivity contribution in [2.24, 2.45) is 10.8 Å². The molecule has 0 amide bonds. The Morgan fingerprint density at radius 2 is 1.61 bits per heavy atom. The quantitative estimate of drug-likeness (QED) is 0.380. The molecule has 4 aliphatic carbocycles. The summed E-state index contributed by atoms with van der Waals surface area (Å²) in [6.07, 6.45) is 10.3. The zero-order chi connectivity index (χ0) is 24.8. The maximum absolute atomic E-state index is 15.1. The van der Waals surface area contributed by atoms with Gasteiger partial charge in [0.15, 0.2) is 5.82 Å². The summed E-state index contributed by atoms with van der Waals surface area (Å²) in [6.45, 7) is 4.59. The fraction of sp³-hybridized carbons (Fsp3) is 0.414. The first-order chi connectivity index (χ1) is 17.1. The van der Waals surface area contributed by atoms with Gasteiger partial charge in [0.05, 0.1) is 23.7 Å². The number of aliphatic hydroxyl groups is 1. The van der Waals surface area contributed by atoms with E-state index in [2.05, 4.69) is 34.1 Å². The van der Waals surface area contributed by atoms with Crippen molar-refractivity contribution in [2.45, 2.75) is 63.5 Å². The molecule has 3 aromatic heterocycles. The highest BCUT2D eigenvalue weighted by molar-refractivity contribution is 5.68. The van der Waals surface area contributed by atoms with Gasteiger partial charge in [-0.1, -0.05) is 44.2 Å². The highest BCUT2D eigenvalue weighted by atomic mass is 19.1. The van der Waals surface area contributed by atoms with E-state index in [1.807, 2.05) is 53.1 Å². The van der Waals surface area contributed by atoms with E-state index in [1.165, 1.54) is 6.20 Å². The van der Waals surface area contributed by atoms with Gasteiger partial charge in [-0.25, -0.2) is 19.3 Å². The molecule has 2 unspecified atom stereocenters. The Bertz CT molecular complexity index is 1440. The number of hydrogen-bond acceptors (Lipinski definition) is 5. The van der Waals surface area contributed by atoms with E-state index in [-0.39, 0.29) is 22.1 Å². The van der Waals surface area contributed by atoms with Crippen LogP contribution in [0.15, 0.2) is 61.1 Å². The van der Waals surface area contributed by atoms with Gasteiger partial charge in [-0.2, -0.15) is 0 Å². The average molecular weight is 484 g/mol. The Labute approximate surface area is 209 Å². The fourth-order valence-electron chi connectivity index (χ4n) is 8.57. The molecular formula is C29H30FN5O. The number of pyridine rings is 1. The van der Waals surface area contributed by atoms with Crippen molar-refractivity contribution in [1.29, 1.82) is 0 Å². The highest BCUT2D eigenvalue weighted by Gasteiger charge is 2.65. The minimum absolute atomic E-state index is 0.0869. The number of imidazole rings is 1. The first kappa shape index (κ1) is 21.9. The predicted octanol–water partition coefficient (Wildman–Crippen LogP) is 5.87. The maximum atomic E-state index is 15.1. The van der Waals surface area contributed by atoms with Gasteiger partial charge >= 0.3 is 0 Å². The molecule has 4 saturated carbocycles.